The molecule has 0 aromatic carbocycles. The van der Waals surface area contributed by atoms with Crippen LogP contribution in [0.1, 0.15) is 33.1 Å². The number of carbonyl (C=O) groups excluding carboxylic acids is 3. The second-order valence-electron chi connectivity index (χ2n) is 6.05. The molecule has 2 saturated heterocycles. The van der Waals surface area contributed by atoms with E-state index in [0.29, 0.717) is 18.7 Å². The van der Waals surface area contributed by atoms with Crippen molar-refractivity contribution in [3.63, 3.8) is 0 Å². The van der Waals surface area contributed by atoms with Crippen LogP contribution in [0.5, 0.6) is 0 Å². The van der Waals surface area contributed by atoms with E-state index < -0.39 is 23.4 Å². The van der Waals surface area contributed by atoms with Gasteiger partial charge in [0.2, 0.25) is 11.3 Å². The van der Waals surface area contributed by atoms with Crippen LogP contribution < -0.4 is 5.32 Å². The lowest BCUT2D eigenvalue weighted by Crippen LogP contribution is -2.58. The van der Waals surface area contributed by atoms with E-state index in [-0.39, 0.29) is 25.7 Å². The van der Waals surface area contributed by atoms with Gasteiger partial charge < -0.3 is 19.7 Å². The second kappa shape index (κ2) is 7.79. The number of hydrogen-bond donors (Lipinski definition) is 1. The highest BCUT2D eigenvalue weighted by atomic mass is 16.6. The quantitative estimate of drug-likeness (QED) is 0.450. The van der Waals surface area contributed by atoms with E-state index in [9.17, 15) is 14.4 Å². The number of esters is 2. The Bertz CT molecular complexity index is 507. The summed E-state index contributed by atoms with van der Waals surface area (Å²) in [6.07, 6.45) is 2.92. The molecule has 0 aliphatic carbocycles. The van der Waals surface area contributed by atoms with Crippen LogP contribution in [0.4, 0.5) is 0 Å². The largest absolute Gasteiger partial charge is 0.465 e. The molecule has 2 rings (SSSR count). The third-order valence-corrected chi connectivity index (χ3v) is 4.62. The van der Waals surface area contributed by atoms with Crippen molar-refractivity contribution in [1.82, 2.24) is 10.2 Å². The molecule has 134 valence electrons. The Labute approximate surface area is 142 Å². The smallest absolute Gasteiger partial charge is 0.329 e. The average Bonchev–Trinajstić information content (AvgIpc) is 2.93. The lowest BCUT2D eigenvalue weighted by molar-refractivity contribution is -0.172. The number of nitrogens with one attached hydrogen (secondary N) is 1. The number of rotatable bonds is 5. The molecule has 1 N–H and O–H groups in total. The molecule has 24 heavy (non-hydrogen) atoms. The Morgan fingerprint density at radius 1 is 1.12 bits per heavy atom. The first-order valence-corrected chi connectivity index (χ1v) is 8.54. The van der Waals surface area contributed by atoms with Crippen LogP contribution in [0.25, 0.3) is 0 Å². The standard InChI is InChI=1S/C17H26N2O5/c1-4-23-15(21)17(16(22)24-5-2)12(3)11-18-13(17)14(20)19-9-7-6-8-10-19/h13,18H,3-11H2,1-2H3. The zero-order valence-corrected chi connectivity index (χ0v) is 14.4. The molecule has 1 amide bonds. The fraction of sp³-hybridized carbons (Fsp3) is 0.706. The summed E-state index contributed by atoms with van der Waals surface area (Å²) in [6, 6.07) is -1.03. The molecule has 1 unspecified atom stereocenters. The van der Waals surface area contributed by atoms with Gasteiger partial charge in [0.05, 0.1) is 13.2 Å². The maximum atomic E-state index is 13.0. The maximum Gasteiger partial charge on any atom is 0.329 e. The first kappa shape index (κ1) is 18.4. The zero-order valence-electron chi connectivity index (χ0n) is 14.4. The van der Waals surface area contributed by atoms with E-state index in [1.807, 2.05) is 0 Å². The molecule has 2 aliphatic heterocycles. The van der Waals surface area contributed by atoms with Crippen molar-refractivity contribution < 1.29 is 23.9 Å². The van der Waals surface area contributed by atoms with Crippen LogP contribution >= 0.6 is 0 Å². The summed E-state index contributed by atoms with van der Waals surface area (Å²) in [6.45, 7) is 8.84. The highest BCUT2D eigenvalue weighted by molar-refractivity contribution is 6.10. The van der Waals surface area contributed by atoms with Crippen molar-refractivity contribution in [2.24, 2.45) is 5.41 Å². The van der Waals surface area contributed by atoms with E-state index in [0.717, 1.165) is 19.3 Å². The van der Waals surface area contributed by atoms with Gasteiger partial charge in [-0.05, 0) is 38.7 Å². The van der Waals surface area contributed by atoms with Crippen molar-refractivity contribution in [2.45, 2.75) is 39.2 Å². The van der Waals surface area contributed by atoms with E-state index in [1.165, 1.54) is 0 Å². The van der Waals surface area contributed by atoms with Gasteiger partial charge in [0.25, 0.3) is 0 Å². The normalized spacial score (nSPS) is 23.0. The fourth-order valence-corrected chi connectivity index (χ4v) is 3.39. The molecule has 0 aromatic rings. The van der Waals surface area contributed by atoms with Gasteiger partial charge in [-0.25, -0.2) is 0 Å². The topological polar surface area (TPSA) is 84.9 Å². The fourth-order valence-electron chi connectivity index (χ4n) is 3.39. The molecule has 7 heteroatoms. The highest BCUT2D eigenvalue weighted by Gasteiger charge is 2.63. The summed E-state index contributed by atoms with van der Waals surface area (Å²) in [5, 5.41) is 2.98. The summed E-state index contributed by atoms with van der Waals surface area (Å²) < 4.78 is 10.2. The summed E-state index contributed by atoms with van der Waals surface area (Å²) in [4.78, 5) is 40.1. The molecule has 0 radical (unpaired) electrons. The van der Waals surface area contributed by atoms with Crippen LogP contribution in [0.3, 0.4) is 0 Å². The van der Waals surface area contributed by atoms with Gasteiger partial charge in [-0.1, -0.05) is 6.58 Å². The van der Waals surface area contributed by atoms with E-state index in [1.54, 1.807) is 18.7 Å². The molecule has 2 heterocycles. The van der Waals surface area contributed by atoms with Gasteiger partial charge in [0.15, 0.2) is 0 Å². The number of piperidine rings is 1. The molecule has 7 nitrogen and oxygen atoms in total. The second-order valence-corrected chi connectivity index (χ2v) is 6.05. The Morgan fingerprint density at radius 2 is 1.67 bits per heavy atom. The van der Waals surface area contributed by atoms with Crippen LogP contribution in [0, 0.1) is 5.41 Å². The first-order valence-electron chi connectivity index (χ1n) is 8.54. The molecule has 0 spiro atoms. The van der Waals surface area contributed by atoms with Crippen molar-refractivity contribution in [3.05, 3.63) is 12.2 Å². The van der Waals surface area contributed by atoms with Crippen molar-refractivity contribution >= 4 is 17.8 Å². The van der Waals surface area contributed by atoms with Crippen molar-refractivity contribution in [2.75, 3.05) is 32.8 Å². The Kier molecular flexibility index (Phi) is 5.99. The minimum atomic E-state index is -1.81. The third kappa shape index (κ3) is 3.05. The number of nitrogens with zero attached hydrogens (tertiary/aromatic N) is 1. The average molecular weight is 338 g/mol. The number of hydrogen-bond acceptors (Lipinski definition) is 6. The maximum absolute atomic E-state index is 13.0. The Morgan fingerprint density at radius 3 is 2.17 bits per heavy atom. The minimum Gasteiger partial charge on any atom is -0.465 e. The lowest BCUT2D eigenvalue weighted by atomic mass is 9.76. The predicted octanol–water partition coefficient (Wildman–Crippen LogP) is 0.640. The summed E-state index contributed by atoms with van der Waals surface area (Å²) >= 11 is 0. The third-order valence-electron chi connectivity index (χ3n) is 4.62. The van der Waals surface area contributed by atoms with Crippen molar-refractivity contribution in [3.8, 4) is 0 Å². The lowest BCUT2D eigenvalue weighted by Gasteiger charge is -2.35. The predicted molar refractivity (Wildman–Crippen MR) is 87.1 cm³/mol. The van der Waals surface area contributed by atoms with E-state index in [4.69, 9.17) is 9.47 Å². The molecule has 0 bridgehead atoms. The SMILES string of the molecule is C=C1CNC(C(=O)N2CCCCC2)C1(C(=O)OCC)C(=O)OCC. The minimum absolute atomic E-state index is 0.109. The number of ether oxygens (including phenoxy) is 2. The molecule has 0 saturated carbocycles. The summed E-state index contributed by atoms with van der Waals surface area (Å²) in [7, 11) is 0. The highest BCUT2D eigenvalue weighted by Crippen LogP contribution is 2.39. The monoisotopic (exact) mass is 338 g/mol. The molecular formula is C17H26N2O5. The van der Waals surface area contributed by atoms with Gasteiger partial charge in [0, 0.05) is 19.6 Å². The van der Waals surface area contributed by atoms with Gasteiger partial charge in [-0.2, -0.15) is 0 Å². The number of likely N-dealkylation sites (tertiary alicyclic amines) is 1. The molecule has 0 aromatic heterocycles. The summed E-state index contributed by atoms with van der Waals surface area (Å²) in [5.74, 6) is -1.81. The van der Waals surface area contributed by atoms with Crippen LogP contribution in [0.2, 0.25) is 0 Å². The van der Waals surface area contributed by atoms with Gasteiger partial charge >= 0.3 is 11.9 Å². The van der Waals surface area contributed by atoms with E-state index in [2.05, 4.69) is 11.9 Å². The van der Waals surface area contributed by atoms with Gasteiger partial charge in [0.1, 0.15) is 6.04 Å². The molecular weight excluding hydrogens is 312 g/mol. The van der Waals surface area contributed by atoms with Crippen LogP contribution in [-0.2, 0) is 23.9 Å². The van der Waals surface area contributed by atoms with E-state index >= 15 is 0 Å². The summed E-state index contributed by atoms with van der Waals surface area (Å²) in [5.41, 5.74) is -1.49. The Hall–Kier alpha value is -1.89. The number of amides is 1. The zero-order chi connectivity index (χ0) is 17.7. The van der Waals surface area contributed by atoms with Crippen LogP contribution in [0.15, 0.2) is 12.2 Å². The first-order chi connectivity index (χ1) is 11.5. The molecule has 1 atom stereocenters. The van der Waals surface area contributed by atoms with Crippen LogP contribution in [-0.4, -0.2) is 61.6 Å². The van der Waals surface area contributed by atoms with Gasteiger partial charge in [-0.3, -0.25) is 14.4 Å². The molecule has 2 fully saturated rings. The number of carbonyl (C=O) groups is 3. The molecule has 2 aliphatic rings. The Balaban J connectivity index is 2.39. The van der Waals surface area contributed by atoms with Crippen molar-refractivity contribution in [1.29, 1.82) is 0 Å². The van der Waals surface area contributed by atoms with Gasteiger partial charge in [-0.15, -0.1) is 0 Å².